The highest BCUT2D eigenvalue weighted by atomic mass is 16.5. The summed E-state index contributed by atoms with van der Waals surface area (Å²) in [5.74, 6) is 0.640. The molecule has 1 atom stereocenters. The number of pyridine rings is 1. The molecule has 2 fully saturated rings. The van der Waals surface area contributed by atoms with E-state index in [-0.39, 0.29) is 17.2 Å². The van der Waals surface area contributed by atoms with Crippen LogP contribution in [0.4, 0.5) is 0 Å². The van der Waals surface area contributed by atoms with E-state index in [1.807, 2.05) is 4.90 Å². The molecular formula is C19H28N2O4. The minimum absolute atomic E-state index is 0.00202. The Morgan fingerprint density at radius 3 is 2.44 bits per heavy atom. The molecule has 0 bridgehead atoms. The molecule has 3 rings (SSSR count). The molecule has 1 saturated carbocycles. The normalized spacial score (nSPS) is 24.7. The quantitative estimate of drug-likeness (QED) is 0.886. The van der Waals surface area contributed by atoms with E-state index >= 15 is 0 Å². The summed E-state index contributed by atoms with van der Waals surface area (Å²) in [4.78, 5) is 18.9. The number of hydrogen-bond acceptors (Lipinski definition) is 5. The second-order valence-corrected chi connectivity index (χ2v) is 7.26. The summed E-state index contributed by atoms with van der Waals surface area (Å²) in [7, 11) is 3.03. The van der Waals surface area contributed by atoms with Crippen molar-refractivity contribution in [3.05, 3.63) is 17.7 Å². The second kappa shape index (κ2) is 6.83. The maximum absolute atomic E-state index is 12.9. The SMILES string of the molecule is CCCC1(O)CCC12CCN(C(=O)c1ccc(OC)nc1OC)CC2. The second-order valence-electron chi connectivity index (χ2n) is 7.26. The summed E-state index contributed by atoms with van der Waals surface area (Å²) < 4.78 is 10.3. The zero-order valence-electron chi connectivity index (χ0n) is 15.4. The van der Waals surface area contributed by atoms with Crippen LogP contribution < -0.4 is 9.47 Å². The van der Waals surface area contributed by atoms with Crippen LogP contribution in [0.2, 0.25) is 0 Å². The van der Waals surface area contributed by atoms with Crippen molar-refractivity contribution < 1.29 is 19.4 Å². The fourth-order valence-electron chi connectivity index (χ4n) is 4.45. The molecule has 6 heteroatoms. The van der Waals surface area contributed by atoms with Gasteiger partial charge in [-0.15, -0.1) is 0 Å². The molecule has 1 saturated heterocycles. The van der Waals surface area contributed by atoms with E-state index in [1.165, 1.54) is 14.2 Å². The molecule has 2 heterocycles. The lowest BCUT2D eigenvalue weighted by molar-refractivity contribution is -0.191. The third-order valence-electron chi connectivity index (χ3n) is 6.14. The molecule has 1 aromatic heterocycles. The van der Waals surface area contributed by atoms with Crippen molar-refractivity contribution in [2.75, 3.05) is 27.3 Å². The van der Waals surface area contributed by atoms with E-state index in [9.17, 15) is 9.90 Å². The Kier molecular flexibility index (Phi) is 4.91. The maximum Gasteiger partial charge on any atom is 0.259 e. The number of amides is 1. The molecule has 0 radical (unpaired) electrons. The van der Waals surface area contributed by atoms with Gasteiger partial charge in [-0.1, -0.05) is 13.3 Å². The Hall–Kier alpha value is -1.82. The maximum atomic E-state index is 12.9. The Morgan fingerprint density at radius 2 is 1.92 bits per heavy atom. The van der Waals surface area contributed by atoms with E-state index in [4.69, 9.17) is 9.47 Å². The molecule has 0 aromatic carbocycles. The Morgan fingerprint density at radius 1 is 1.20 bits per heavy atom. The standard InChI is InChI=1S/C19H28N2O4/c1-4-7-19(23)9-8-18(19)10-12-21(13-11-18)17(22)14-5-6-15(24-2)20-16(14)25-3/h5-6,23H,4,7-13H2,1-3H3. The molecule has 1 aromatic rings. The van der Waals surface area contributed by atoms with Crippen molar-refractivity contribution in [1.29, 1.82) is 0 Å². The molecule has 1 aliphatic heterocycles. The van der Waals surface area contributed by atoms with Gasteiger partial charge in [-0.3, -0.25) is 4.79 Å². The fraction of sp³-hybridized carbons (Fsp3) is 0.684. The largest absolute Gasteiger partial charge is 0.481 e. The van der Waals surface area contributed by atoms with Crippen LogP contribution in [0.1, 0.15) is 55.8 Å². The van der Waals surface area contributed by atoms with Crippen molar-refractivity contribution in [3.8, 4) is 11.8 Å². The van der Waals surface area contributed by atoms with Gasteiger partial charge in [0.2, 0.25) is 11.8 Å². The van der Waals surface area contributed by atoms with Crippen LogP contribution in [-0.2, 0) is 0 Å². The Balaban J connectivity index is 1.70. The first-order valence-electron chi connectivity index (χ1n) is 9.09. The molecule has 1 unspecified atom stereocenters. The zero-order chi connectivity index (χ0) is 18.1. The molecule has 1 N–H and O–H groups in total. The lowest BCUT2D eigenvalue weighted by Crippen LogP contribution is -2.61. The average molecular weight is 348 g/mol. The number of likely N-dealkylation sites (tertiary alicyclic amines) is 1. The van der Waals surface area contributed by atoms with Gasteiger partial charge in [0.1, 0.15) is 5.56 Å². The lowest BCUT2D eigenvalue weighted by Gasteiger charge is -2.59. The van der Waals surface area contributed by atoms with E-state index < -0.39 is 5.60 Å². The van der Waals surface area contributed by atoms with Crippen LogP contribution in [0.5, 0.6) is 11.8 Å². The monoisotopic (exact) mass is 348 g/mol. The highest BCUT2D eigenvalue weighted by Gasteiger charge is 2.58. The number of piperidine rings is 1. The number of aromatic nitrogens is 1. The summed E-state index contributed by atoms with van der Waals surface area (Å²) in [6.45, 7) is 3.45. The first-order valence-corrected chi connectivity index (χ1v) is 9.09. The average Bonchev–Trinajstić information content (AvgIpc) is 2.66. The molecular weight excluding hydrogens is 320 g/mol. The van der Waals surface area contributed by atoms with E-state index in [2.05, 4.69) is 11.9 Å². The number of nitrogens with zero attached hydrogens (tertiary/aromatic N) is 2. The Labute approximate surface area is 149 Å². The van der Waals surface area contributed by atoms with Crippen molar-refractivity contribution in [2.24, 2.45) is 5.41 Å². The number of carbonyl (C=O) groups excluding carboxylic acids is 1. The zero-order valence-corrected chi connectivity index (χ0v) is 15.4. The number of aliphatic hydroxyl groups is 1. The highest BCUT2D eigenvalue weighted by molar-refractivity contribution is 5.96. The topological polar surface area (TPSA) is 71.9 Å². The smallest absolute Gasteiger partial charge is 0.259 e. The molecule has 1 aliphatic carbocycles. The first-order chi connectivity index (χ1) is 12.0. The highest BCUT2D eigenvalue weighted by Crippen LogP contribution is 2.58. The van der Waals surface area contributed by atoms with Crippen LogP contribution in [0, 0.1) is 5.41 Å². The van der Waals surface area contributed by atoms with Gasteiger partial charge in [0.05, 0.1) is 19.8 Å². The third kappa shape index (κ3) is 2.97. The molecule has 25 heavy (non-hydrogen) atoms. The van der Waals surface area contributed by atoms with E-state index in [1.54, 1.807) is 12.1 Å². The third-order valence-corrected chi connectivity index (χ3v) is 6.14. The van der Waals surface area contributed by atoms with Gasteiger partial charge in [0.15, 0.2) is 0 Å². The number of ether oxygens (including phenoxy) is 2. The van der Waals surface area contributed by atoms with Gasteiger partial charge in [-0.2, -0.15) is 4.98 Å². The summed E-state index contributed by atoms with van der Waals surface area (Å²) in [6, 6.07) is 3.38. The van der Waals surface area contributed by atoms with E-state index in [0.717, 1.165) is 38.5 Å². The van der Waals surface area contributed by atoms with Crippen LogP contribution >= 0.6 is 0 Å². The van der Waals surface area contributed by atoms with Gasteiger partial charge < -0.3 is 19.5 Å². The van der Waals surface area contributed by atoms with Crippen molar-refractivity contribution in [2.45, 2.75) is 51.0 Å². The lowest BCUT2D eigenvalue weighted by atomic mass is 9.51. The summed E-state index contributed by atoms with van der Waals surface area (Å²) in [6.07, 6.45) is 5.54. The van der Waals surface area contributed by atoms with Crippen LogP contribution in [0.3, 0.4) is 0 Å². The van der Waals surface area contributed by atoms with Crippen LogP contribution in [0.25, 0.3) is 0 Å². The molecule has 1 amide bonds. The minimum atomic E-state index is -0.532. The Bertz CT molecular complexity index is 640. The predicted molar refractivity (Wildman–Crippen MR) is 94.0 cm³/mol. The summed E-state index contributed by atoms with van der Waals surface area (Å²) in [5.41, 5.74) is -0.0742. The summed E-state index contributed by atoms with van der Waals surface area (Å²) in [5, 5.41) is 10.9. The molecule has 2 aliphatic rings. The minimum Gasteiger partial charge on any atom is -0.481 e. The number of hydrogen-bond donors (Lipinski definition) is 1. The number of rotatable bonds is 5. The van der Waals surface area contributed by atoms with Gasteiger partial charge in [-0.05, 0) is 38.2 Å². The summed E-state index contributed by atoms with van der Waals surface area (Å²) >= 11 is 0. The molecule has 1 spiro atoms. The molecule has 6 nitrogen and oxygen atoms in total. The van der Waals surface area contributed by atoms with Gasteiger partial charge in [-0.25, -0.2) is 0 Å². The van der Waals surface area contributed by atoms with Crippen molar-refractivity contribution in [1.82, 2.24) is 9.88 Å². The van der Waals surface area contributed by atoms with Gasteiger partial charge in [0.25, 0.3) is 5.91 Å². The fourth-order valence-corrected chi connectivity index (χ4v) is 4.45. The van der Waals surface area contributed by atoms with Gasteiger partial charge in [0, 0.05) is 24.6 Å². The molecule has 138 valence electrons. The van der Waals surface area contributed by atoms with Gasteiger partial charge >= 0.3 is 0 Å². The first kappa shape index (κ1) is 18.0. The number of methoxy groups -OCH3 is 2. The van der Waals surface area contributed by atoms with Crippen LogP contribution in [0.15, 0.2) is 12.1 Å². The van der Waals surface area contributed by atoms with Crippen molar-refractivity contribution >= 4 is 5.91 Å². The number of carbonyl (C=O) groups is 1. The predicted octanol–water partition coefficient (Wildman–Crippen LogP) is 2.65. The van der Waals surface area contributed by atoms with E-state index in [0.29, 0.717) is 24.5 Å². The van der Waals surface area contributed by atoms with Crippen LogP contribution in [-0.4, -0.2) is 53.8 Å². The van der Waals surface area contributed by atoms with Crippen molar-refractivity contribution in [3.63, 3.8) is 0 Å².